The van der Waals surface area contributed by atoms with Crippen molar-refractivity contribution in [1.29, 1.82) is 0 Å². The van der Waals surface area contributed by atoms with Gasteiger partial charge < -0.3 is 10.4 Å². The Morgan fingerprint density at radius 2 is 1.88 bits per heavy atom. The molecule has 17 heavy (non-hydrogen) atoms. The van der Waals surface area contributed by atoms with Crippen molar-refractivity contribution in [2.75, 3.05) is 31.9 Å². The van der Waals surface area contributed by atoms with Gasteiger partial charge in [-0.25, -0.2) is 12.7 Å². The van der Waals surface area contributed by atoms with E-state index in [4.69, 9.17) is 5.11 Å². The second-order valence-corrected chi connectivity index (χ2v) is 6.90. The number of fused-ring (bicyclic) bond motifs is 1. The maximum Gasteiger partial charge on any atom is 0.303 e. The topological polar surface area (TPSA) is 86.7 Å². The van der Waals surface area contributed by atoms with E-state index in [9.17, 15) is 13.2 Å². The Bertz CT molecular complexity index is 383. The molecule has 2 aliphatic heterocycles. The summed E-state index contributed by atoms with van der Waals surface area (Å²) in [7, 11) is -3.26. The number of rotatable bonds is 5. The summed E-state index contributed by atoms with van der Waals surface area (Å²) >= 11 is 0. The van der Waals surface area contributed by atoms with Crippen molar-refractivity contribution in [2.45, 2.75) is 12.8 Å². The molecule has 0 radical (unpaired) electrons. The molecular formula is C10H18N2O4S. The first-order valence-corrected chi connectivity index (χ1v) is 7.50. The van der Waals surface area contributed by atoms with Crippen LogP contribution in [0.4, 0.5) is 0 Å². The van der Waals surface area contributed by atoms with E-state index < -0.39 is 16.0 Å². The first kappa shape index (κ1) is 12.8. The van der Waals surface area contributed by atoms with Crippen LogP contribution in [-0.2, 0) is 14.8 Å². The average molecular weight is 262 g/mol. The summed E-state index contributed by atoms with van der Waals surface area (Å²) in [5.74, 6) is -0.122. The Kier molecular flexibility index (Phi) is 3.70. The SMILES string of the molecule is O=C(O)CCCS(=O)(=O)N1CC2CNCC2C1. The molecule has 2 unspecified atom stereocenters. The molecule has 98 valence electrons. The quantitative estimate of drug-likeness (QED) is 0.686. The number of carboxylic acids is 1. The third-order valence-corrected chi connectivity index (χ3v) is 5.43. The van der Waals surface area contributed by atoms with Crippen molar-refractivity contribution in [3.8, 4) is 0 Å². The van der Waals surface area contributed by atoms with E-state index in [0.717, 1.165) is 13.1 Å². The fourth-order valence-corrected chi connectivity index (χ4v) is 4.18. The second kappa shape index (κ2) is 4.91. The van der Waals surface area contributed by atoms with Gasteiger partial charge in [0, 0.05) is 19.5 Å². The summed E-state index contributed by atoms with van der Waals surface area (Å²) in [5, 5.41) is 11.7. The van der Waals surface area contributed by atoms with Gasteiger partial charge in [0.1, 0.15) is 0 Å². The summed E-state index contributed by atoms with van der Waals surface area (Å²) in [6.07, 6.45) is 0.114. The van der Waals surface area contributed by atoms with Gasteiger partial charge >= 0.3 is 5.97 Å². The molecule has 2 rings (SSSR count). The highest BCUT2D eigenvalue weighted by Crippen LogP contribution is 2.28. The van der Waals surface area contributed by atoms with Gasteiger partial charge in [0.25, 0.3) is 0 Å². The van der Waals surface area contributed by atoms with Gasteiger partial charge in [-0.2, -0.15) is 0 Å². The Labute approximate surface area is 101 Å². The highest BCUT2D eigenvalue weighted by Gasteiger charge is 2.40. The number of hydrogen-bond donors (Lipinski definition) is 2. The van der Waals surface area contributed by atoms with Crippen LogP contribution in [0.15, 0.2) is 0 Å². The van der Waals surface area contributed by atoms with Crippen LogP contribution < -0.4 is 5.32 Å². The van der Waals surface area contributed by atoms with Crippen LogP contribution in [0.1, 0.15) is 12.8 Å². The van der Waals surface area contributed by atoms with E-state index in [1.807, 2.05) is 0 Å². The minimum Gasteiger partial charge on any atom is -0.481 e. The van der Waals surface area contributed by atoms with Gasteiger partial charge in [0.05, 0.1) is 5.75 Å². The maximum absolute atomic E-state index is 12.0. The van der Waals surface area contributed by atoms with E-state index in [0.29, 0.717) is 24.9 Å². The minimum absolute atomic E-state index is 0.0494. The largest absolute Gasteiger partial charge is 0.481 e. The fraction of sp³-hybridized carbons (Fsp3) is 0.900. The number of carbonyl (C=O) groups is 1. The number of carboxylic acid groups (broad SMARTS) is 1. The molecule has 0 aliphatic carbocycles. The van der Waals surface area contributed by atoms with Crippen molar-refractivity contribution in [3.63, 3.8) is 0 Å². The third kappa shape index (κ3) is 2.97. The summed E-state index contributed by atoms with van der Waals surface area (Å²) in [6, 6.07) is 0. The van der Waals surface area contributed by atoms with Crippen molar-refractivity contribution >= 4 is 16.0 Å². The zero-order valence-corrected chi connectivity index (χ0v) is 10.4. The van der Waals surface area contributed by atoms with Gasteiger partial charge in [-0.15, -0.1) is 0 Å². The van der Waals surface area contributed by atoms with E-state index >= 15 is 0 Å². The zero-order valence-electron chi connectivity index (χ0n) is 9.63. The van der Waals surface area contributed by atoms with Crippen molar-refractivity contribution in [1.82, 2.24) is 9.62 Å². The Hall–Kier alpha value is -0.660. The molecule has 0 saturated carbocycles. The number of aliphatic carboxylic acids is 1. The van der Waals surface area contributed by atoms with Gasteiger partial charge in [-0.1, -0.05) is 0 Å². The normalized spacial score (nSPS) is 29.4. The molecule has 6 nitrogen and oxygen atoms in total. The highest BCUT2D eigenvalue weighted by molar-refractivity contribution is 7.89. The molecule has 0 aromatic rings. The number of nitrogens with one attached hydrogen (secondary N) is 1. The standard InChI is InChI=1S/C10H18N2O4S/c13-10(14)2-1-3-17(15,16)12-6-8-4-11-5-9(8)7-12/h8-9,11H,1-7H2,(H,13,14). The van der Waals surface area contributed by atoms with E-state index in [-0.39, 0.29) is 18.6 Å². The molecule has 0 spiro atoms. The Morgan fingerprint density at radius 3 is 2.41 bits per heavy atom. The summed E-state index contributed by atoms with van der Waals surface area (Å²) in [4.78, 5) is 10.3. The number of hydrogen-bond acceptors (Lipinski definition) is 4. The van der Waals surface area contributed by atoms with Crippen LogP contribution in [0.25, 0.3) is 0 Å². The van der Waals surface area contributed by atoms with Crippen LogP contribution in [-0.4, -0.2) is 55.7 Å². The van der Waals surface area contributed by atoms with Gasteiger partial charge in [0.2, 0.25) is 10.0 Å². The predicted molar refractivity (Wildman–Crippen MR) is 62.1 cm³/mol. The Morgan fingerprint density at radius 1 is 1.29 bits per heavy atom. The van der Waals surface area contributed by atoms with E-state index in [1.54, 1.807) is 0 Å². The highest BCUT2D eigenvalue weighted by atomic mass is 32.2. The van der Waals surface area contributed by atoms with Gasteiger partial charge in [-0.3, -0.25) is 4.79 Å². The van der Waals surface area contributed by atoms with Crippen LogP contribution >= 0.6 is 0 Å². The lowest BCUT2D eigenvalue weighted by molar-refractivity contribution is -0.137. The van der Waals surface area contributed by atoms with Gasteiger partial charge in [0.15, 0.2) is 0 Å². The Balaban J connectivity index is 1.86. The molecule has 7 heteroatoms. The molecule has 2 atom stereocenters. The van der Waals surface area contributed by atoms with Crippen LogP contribution in [0, 0.1) is 11.8 Å². The fourth-order valence-electron chi connectivity index (χ4n) is 2.57. The lowest BCUT2D eigenvalue weighted by Crippen LogP contribution is -2.33. The summed E-state index contributed by atoms with van der Waals surface area (Å²) in [6.45, 7) is 2.97. The summed E-state index contributed by atoms with van der Waals surface area (Å²) in [5.41, 5.74) is 0. The average Bonchev–Trinajstić information content (AvgIpc) is 2.74. The molecule has 2 aliphatic rings. The molecule has 2 fully saturated rings. The van der Waals surface area contributed by atoms with Crippen molar-refractivity contribution in [2.24, 2.45) is 11.8 Å². The maximum atomic E-state index is 12.0. The number of nitrogens with zero attached hydrogens (tertiary/aromatic N) is 1. The van der Waals surface area contributed by atoms with Gasteiger partial charge in [-0.05, 0) is 31.3 Å². The van der Waals surface area contributed by atoms with Crippen LogP contribution in [0.2, 0.25) is 0 Å². The molecule has 2 saturated heterocycles. The molecule has 0 bridgehead atoms. The first-order valence-electron chi connectivity index (χ1n) is 5.89. The van der Waals surface area contributed by atoms with E-state index in [1.165, 1.54) is 4.31 Å². The zero-order chi connectivity index (χ0) is 12.5. The molecule has 0 aromatic carbocycles. The number of sulfonamides is 1. The van der Waals surface area contributed by atoms with Crippen molar-refractivity contribution in [3.05, 3.63) is 0 Å². The van der Waals surface area contributed by atoms with E-state index in [2.05, 4.69) is 5.32 Å². The molecule has 2 N–H and O–H groups in total. The molecule has 0 aromatic heterocycles. The molecule has 0 amide bonds. The van der Waals surface area contributed by atoms with Crippen LogP contribution in [0.3, 0.4) is 0 Å². The lowest BCUT2D eigenvalue weighted by atomic mass is 10.0. The smallest absolute Gasteiger partial charge is 0.303 e. The van der Waals surface area contributed by atoms with Crippen LogP contribution in [0.5, 0.6) is 0 Å². The van der Waals surface area contributed by atoms with Crippen molar-refractivity contribution < 1.29 is 18.3 Å². The lowest BCUT2D eigenvalue weighted by Gasteiger charge is -2.16. The molecular weight excluding hydrogens is 244 g/mol. The third-order valence-electron chi connectivity index (χ3n) is 3.54. The monoisotopic (exact) mass is 262 g/mol. The predicted octanol–water partition coefficient (Wildman–Crippen LogP) is -0.668. The first-order chi connectivity index (χ1) is 7.99. The second-order valence-electron chi connectivity index (χ2n) is 4.81. The summed E-state index contributed by atoms with van der Waals surface area (Å²) < 4.78 is 25.4. The molecule has 2 heterocycles. The minimum atomic E-state index is -3.26.